The minimum atomic E-state index is 0.700. The van der Waals surface area contributed by atoms with Crippen molar-refractivity contribution in [1.82, 2.24) is 10.3 Å². The zero-order valence-electron chi connectivity index (χ0n) is 9.29. The van der Waals surface area contributed by atoms with E-state index in [1.165, 1.54) is 19.4 Å². The second-order valence-electron chi connectivity index (χ2n) is 4.14. The average Bonchev–Trinajstić information content (AvgIpc) is 2.33. The van der Waals surface area contributed by atoms with Gasteiger partial charge in [0.1, 0.15) is 0 Å². The van der Waals surface area contributed by atoms with Crippen molar-refractivity contribution in [3.05, 3.63) is 22.8 Å². The topological polar surface area (TPSA) is 34.1 Å². The van der Waals surface area contributed by atoms with Crippen molar-refractivity contribution in [2.24, 2.45) is 5.92 Å². The van der Waals surface area contributed by atoms with E-state index in [-0.39, 0.29) is 0 Å². The number of nitrogens with one attached hydrogen (secondary N) is 1. The number of rotatable bonds is 4. The summed E-state index contributed by atoms with van der Waals surface area (Å²) in [5.41, 5.74) is 0. The third-order valence-corrected chi connectivity index (χ3v) is 3.49. The molecular formula is C12H17BrN2O. The molecule has 0 aliphatic carbocycles. The van der Waals surface area contributed by atoms with E-state index in [4.69, 9.17) is 4.74 Å². The number of pyridine rings is 1. The molecule has 4 heteroatoms. The summed E-state index contributed by atoms with van der Waals surface area (Å²) in [7, 11) is 0. The summed E-state index contributed by atoms with van der Waals surface area (Å²) >= 11 is 3.42. The molecule has 88 valence electrons. The zero-order valence-corrected chi connectivity index (χ0v) is 10.9. The van der Waals surface area contributed by atoms with Crippen LogP contribution in [0.4, 0.5) is 0 Å². The minimum Gasteiger partial charge on any atom is -0.477 e. The fourth-order valence-corrected chi connectivity index (χ4v) is 2.34. The number of nitrogens with zero attached hydrogens (tertiary/aromatic N) is 1. The van der Waals surface area contributed by atoms with E-state index in [9.17, 15) is 0 Å². The second-order valence-corrected chi connectivity index (χ2v) is 4.99. The van der Waals surface area contributed by atoms with Gasteiger partial charge in [-0.05, 0) is 66.3 Å². The van der Waals surface area contributed by atoms with Gasteiger partial charge in [-0.2, -0.15) is 0 Å². The van der Waals surface area contributed by atoms with Crippen molar-refractivity contribution in [2.75, 3.05) is 19.7 Å². The SMILES string of the molecule is Brc1cccnc1OCCC1CCCNC1. The standard InChI is InChI=1S/C12H17BrN2O/c13-11-4-2-7-15-12(11)16-8-5-10-3-1-6-14-9-10/h2,4,7,10,14H,1,3,5-6,8-9H2. The Morgan fingerprint density at radius 1 is 1.56 bits per heavy atom. The van der Waals surface area contributed by atoms with Crippen LogP contribution in [0.15, 0.2) is 22.8 Å². The summed E-state index contributed by atoms with van der Waals surface area (Å²) in [5, 5.41) is 3.41. The van der Waals surface area contributed by atoms with Crippen LogP contribution in [0.1, 0.15) is 19.3 Å². The van der Waals surface area contributed by atoms with Crippen LogP contribution < -0.4 is 10.1 Å². The van der Waals surface area contributed by atoms with Gasteiger partial charge in [0.25, 0.3) is 0 Å². The summed E-state index contributed by atoms with van der Waals surface area (Å²) in [6.07, 6.45) is 5.47. The lowest BCUT2D eigenvalue weighted by molar-refractivity contribution is 0.246. The molecule has 2 heterocycles. The van der Waals surface area contributed by atoms with E-state index in [0.29, 0.717) is 5.88 Å². The molecule has 0 saturated carbocycles. The van der Waals surface area contributed by atoms with Crippen molar-refractivity contribution < 1.29 is 4.74 Å². The Morgan fingerprint density at radius 3 is 3.25 bits per heavy atom. The van der Waals surface area contributed by atoms with Crippen LogP contribution in [-0.2, 0) is 0 Å². The smallest absolute Gasteiger partial charge is 0.227 e. The van der Waals surface area contributed by atoms with Crippen molar-refractivity contribution in [2.45, 2.75) is 19.3 Å². The molecule has 0 spiro atoms. The fourth-order valence-electron chi connectivity index (χ4n) is 1.97. The maximum absolute atomic E-state index is 5.65. The predicted octanol–water partition coefficient (Wildman–Crippen LogP) is 2.61. The van der Waals surface area contributed by atoms with E-state index in [0.717, 1.165) is 30.0 Å². The van der Waals surface area contributed by atoms with Crippen LogP contribution in [0.3, 0.4) is 0 Å². The first-order valence-corrected chi connectivity index (χ1v) is 6.59. The third kappa shape index (κ3) is 3.46. The number of halogens is 1. The summed E-state index contributed by atoms with van der Waals surface area (Å²) in [6, 6.07) is 3.84. The van der Waals surface area contributed by atoms with Gasteiger partial charge in [0.2, 0.25) is 5.88 Å². The normalized spacial score (nSPS) is 20.7. The van der Waals surface area contributed by atoms with Gasteiger partial charge in [-0.15, -0.1) is 0 Å². The van der Waals surface area contributed by atoms with Crippen molar-refractivity contribution >= 4 is 15.9 Å². The Kier molecular flexibility index (Phi) is 4.60. The first-order valence-electron chi connectivity index (χ1n) is 5.80. The molecule has 1 N–H and O–H groups in total. The van der Waals surface area contributed by atoms with Gasteiger partial charge < -0.3 is 10.1 Å². The minimum absolute atomic E-state index is 0.700. The maximum Gasteiger partial charge on any atom is 0.227 e. The lowest BCUT2D eigenvalue weighted by Gasteiger charge is -2.22. The average molecular weight is 285 g/mol. The van der Waals surface area contributed by atoms with Gasteiger partial charge in [-0.1, -0.05) is 0 Å². The van der Waals surface area contributed by atoms with Crippen LogP contribution in [0.25, 0.3) is 0 Å². The highest BCUT2D eigenvalue weighted by Gasteiger charge is 2.13. The Balaban J connectivity index is 1.73. The highest BCUT2D eigenvalue weighted by Crippen LogP contribution is 2.21. The second kappa shape index (κ2) is 6.21. The number of piperidine rings is 1. The molecule has 16 heavy (non-hydrogen) atoms. The molecule has 3 nitrogen and oxygen atoms in total. The first-order chi connectivity index (χ1) is 7.86. The molecular weight excluding hydrogens is 268 g/mol. The third-order valence-electron chi connectivity index (χ3n) is 2.89. The highest BCUT2D eigenvalue weighted by molar-refractivity contribution is 9.10. The molecule has 1 fully saturated rings. The van der Waals surface area contributed by atoms with E-state index >= 15 is 0 Å². The molecule has 1 unspecified atom stereocenters. The number of hydrogen-bond acceptors (Lipinski definition) is 3. The Bertz CT molecular complexity index is 327. The van der Waals surface area contributed by atoms with Gasteiger partial charge >= 0.3 is 0 Å². The first kappa shape index (κ1) is 11.9. The largest absolute Gasteiger partial charge is 0.477 e. The molecule has 0 amide bonds. The molecule has 1 saturated heterocycles. The van der Waals surface area contributed by atoms with Gasteiger partial charge in [0.15, 0.2) is 0 Å². The Labute approximate surface area is 105 Å². The van der Waals surface area contributed by atoms with Crippen LogP contribution in [0, 0.1) is 5.92 Å². The van der Waals surface area contributed by atoms with E-state index in [2.05, 4.69) is 26.2 Å². The highest BCUT2D eigenvalue weighted by atomic mass is 79.9. The van der Waals surface area contributed by atoms with Crippen molar-refractivity contribution in [3.63, 3.8) is 0 Å². The lowest BCUT2D eigenvalue weighted by atomic mass is 9.97. The van der Waals surface area contributed by atoms with Crippen LogP contribution in [0.2, 0.25) is 0 Å². The molecule has 1 atom stereocenters. The lowest BCUT2D eigenvalue weighted by Crippen LogP contribution is -2.30. The molecule has 0 radical (unpaired) electrons. The molecule has 0 aromatic carbocycles. The van der Waals surface area contributed by atoms with Gasteiger partial charge in [-0.3, -0.25) is 0 Å². The molecule has 1 aliphatic heterocycles. The monoisotopic (exact) mass is 284 g/mol. The number of hydrogen-bond donors (Lipinski definition) is 1. The van der Waals surface area contributed by atoms with E-state index in [1.54, 1.807) is 6.20 Å². The maximum atomic E-state index is 5.65. The van der Waals surface area contributed by atoms with Crippen LogP contribution in [-0.4, -0.2) is 24.7 Å². The molecule has 1 aromatic rings. The molecule has 1 aromatic heterocycles. The number of aromatic nitrogens is 1. The van der Waals surface area contributed by atoms with Crippen molar-refractivity contribution in [3.8, 4) is 5.88 Å². The van der Waals surface area contributed by atoms with Crippen LogP contribution >= 0.6 is 15.9 Å². The Hall–Kier alpha value is -0.610. The summed E-state index contributed by atoms with van der Waals surface area (Å²) < 4.78 is 6.58. The summed E-state index contributed by atoms with van der Waals surface area (Å²) in [6.45, 7) is 3.05. The van der Waals surface area contributed by atoms with Gasteiger partial charge in [0.05, 0.1) is 11.1 Å². The molecule has 1 aliphatic rings. The fraction of sp³-hybridized carbons (Fsp3) is 0.583. The van der Waals surface area contributed by atoms with Gasteiger partial charge in [-0.25, -0.2) is 4.98 Å². The summed E-state index contributed by atoms with van der Waals surface area (Å²) in [4.78, 5) is 4.18. The number of ether oxygens (including phenoxy) is 1. The Morgan fingerprint density at radius 2 is 2.50 bits per heavy atom. The van der Waals surface area contributed by atoms with Gasteiger partial charge in [0, 0.05) is 6.20 Å². The summed E-state index contributed by atoms with van der Waals surface area (Å²) in [5.74, 6) is 1.46. The zero-order chi connectivity index (χ0) is 11.2. The van der Waals surface area contributed by atoms with E-state index in [1.807, 2.05) is 12.1 Å². The predicted molar refractivity (Wildman–Crippen MR) is 67.6 cm³/mol. The van der Waals surface area contributed by atoms with Crippen LogP contribution in [0.5, 0.6) is 5.88 Å². The molecule has 2 rings (SSSR count). The quantitative estimate of drug-likeness (QED) is 0.923. The van der Waals surface area contributed by atoms with E-state index < -0.39 is 0 Å². The molecule has 0 bridgehead atoms. The van der Waals surface area contributed by atoms with Crippen molar-refractivity contribution in [1.29, 1.82) is 0 Å².